The monoisotopic (exact) mass is 266 g/mol. The molecule has 0 radical (unpaired) electrons. The van der Waals surface area contributed by atoms with E-state index >= 15 is 0 Å². The summed E-state index contributed by atoms with van der Waals surface area (Å²) in [5.74, 6) is -4.97. The zero-order chi connectivity index (χ0) is 13.5. The number of halogens is 6. The van der Waals surface area contributed by atoms with Crippen LogP contribution in [-0.4, -0.2) is 40.2 Å². The number of alkyl halides is 6. The third kappa shape index (κ3) is 2.67. The van der Waals surface area contributed by atoms with E-state index in [9.17, 15) is 31.4 Å². The maximum absolute atomic E-state index is 13.3. The number of rotatable bonds is 2. The minimum atomic E-state index is -5.75. The maximum atomic E-state index is 13.3. The van der Waals surface area contributed by atoms with Crippen LogP contribution in [0.1, 0.15) is 25.7 Å². The maximum Gasteiger partial charge on any atom is 0.425 e. The molecular weight excluding hydrogens is 254 g/mol. The fourth-order valence-corrected chi connectivity index (χ4v) is 1.97. The molecule has 0 bridgehead atoms. The average Bonchev–Trinajstić information content (AvgIpc) is 2.14. The predicted molar refractivity (Wildman–Crippen MR) is 45.3 cm³/mol. The van der Waals surface area contributed by atoms with Crippen LogP contribution in [0.15, 0.2) is 0 Å². The van der Waals surface area contributed by atoms with E-state index in [-0.39, 0.29) is 12.8 Å². The van der Waals surface area contributed by atoms with Crippen LogP contribution in [0.5, 0.6) is 0 Å². The number of hydrogen-bond donors (Lipinski definition) is 2. The number of hydrogen-bond acceptors (Lipinski definition) is 2. The molecule has 3 unspecified atom stereocenters. The van der Waals surface area contributed by atoms with E-state index in [2.05, 4.69) is 0 Å². The molecule has 1 aliphatic rings. The highest BCUT2D eigenvalue weighted by atomic mass is 19.4. The molecule has 0 aromatic carbocycles. The van der Waals surface area contributed by atoms with Crippen molar-refractivity contribution in [3.8, 4) is 0 Å². The van der Waals surface area contributed by atoms with Crippen molar-refractivity contribution in [3.63, 3.8) is 0 Å². The summed E-state index contributed by atoms with van der Waals surface area (Å²) in [5, 5.41) is 18.5. The van der Waals surface area contributed by atoms with Crippen molar-refractivity contribution >= 4 is 0 Å². The Morgan fingerprint density at radius 2 is 1.71 bits per heavy atom. The molecule has 0 saturated heterocycles. The van der Waals surface area contributed by atoms with Crippen molar-refractivity contribution in [2.24, 2.45) is 0 Å². The molecule has 0 aromatic heterocycles. The predicted octanol–water partition coefficient (Wildman–Crippen LogP) is 2.19. The molecule has 2 N–H and O–H groups in total. The molecule has 1 rings (SSSR count). The van der Waals surface area contributed by atoms with Gasteiger partial charge in [-0.05, 0) is 19.3 Å². The van der Waals surface area contributed by atoms with Crippen LogP contribution in [0.3, 0.4) is 0 Å². The lowest BCUT2D eigenvalue weighted by molar-refractivity contribution is -0.302. The highest BCUT2D eigenvalue weighted by molar-refractivity contribution is 5.03. The van der Waals surface area contributed by atoms with Crippen LogP contribution in [0.4, 0.5) is 26.3 Å². The normalized spacial score (nSPS) is 33.5. The van der Waals surface area contributed by atoms with Gasteiger partial charge in [-0.1, -0.05) is 0 Å². The van der Waals surface area contributed by atoms with E-state index in [1.54, 1.807) is 0 Å². The van der Waals surface area contributed by atoms with Gasteiger partial charge in [-0.2, -0.15) is 22.0 Å². The van der Waals surface area contributed by atoms with Crippen LogP contribution >= 0.6 is 0 Å². The van der Waals surface area contributed by atoms with Crippen molar-refractivity contribution in [2.75, 3.05) is 0 Å². The summed E-state index contributed by atoms with van der Waals surface area (Å²) >= 11 is 0. The minimum Gasteiger partial charge on any atom is -0.393 e. The van der Waals surface area contributed by atoms with Crippen molar-refractivity contribution in [1.29, 1.82) is 0 Å². The van der Waals surface area contributed by atoms with E-state index in [1.807, 2.05) is 0 Å². The molecule has 0 aromatic rings. The van der Waals surface area contributed by atoms with Gasteiger partial charge in [0, 0.05) is 6.42 Å². The Balaban J connectivity index is 2.95. The Morgan fingerprint density at radius 3 is 2.12 bits per heavy atom. The second-order valence-electron chi connectivity index (χ2n) is 4.31. The van der Waals surface area contributed by atoms with E-state index in [4.69, 9.17) is 5.11 Å². The van der Waals surface area contributed by atoms with Gasteiger partial charge in [0.1, 0.15) is 5.60 Å². The van der Waals surface area contributed by atoms with Crippen molar-refractivity contribution in [3.05, 3.63) is 0 Å². The summed E-state index contributed by atoms with van der Waals surface area (Å²) in [7, 11) is 0. The summed E-state index contributed by atoms with van der Waals surface area (Å²) < 4.78 is 75.1. The second-order valence-corrected chi connectivity index (χ2v) is 4.31. The van der Waals surface area contributed by atoms with E-state index < -0.39 is 42.8 Å². The second kappa shape index (κ2) is 4.31. The largest absolute Gasteiger partial charge is 0.425 e. The lowest BCUT2D eigenvalue weighted by Crippen LogP contribution is -2.60. The van der Waals surface area contributed by atoms with Gasteiger partial charge in [-0.3, -0.25) is 0 Å². The van der Waals surface area contributed by atoms with Gasteiger partial charge < -0.3 is 10.2 Å². The smallest absolute Gasteiger partial charge is 0.393 e. The molecule has 0 heterocycles. The van der Waals surface area contributed by atoms with E-state index in [0.717, 1.165) is 0 Å². The molecule has 0 amide bonds. The molecule has 1 fully saturated rings. The third-order valence-corrected chi connectivity index (χ3v) is 2.93. The van der Waals surface area contributed by atoms with E-state index in [0.29, 0.717) is 0 Å². The SMILES string of the molecule is OC1CCCC(O)(C(F)(F)C(F)C(F)(F)F)C1. The van der Waals surface area contributed by atoms with Crippen LogP contribution in [0, 0.1) is 0 Å². The molecular formula is C9H12F6O2. The first-order valence-corrected chi connectivity index (χ1v) is 5.00. The molecule has 0 aliphatic heterocycles. The third-order valence-electron chi connectivity index (χ3n) is 2.93. The van der Waals surface area contributed by atoms with Gasteiger partial charge in [-0.15, -0.1) is 0 Å². The summed E-state index contributed by atoms with van der Waals surface area (Å²) in [6, 6.07) is 0. The molecule has 0 spiro atoms. The molecule has 1 saturated carbocycles. The first kappa shape index (κ1) is 14.6. The highest BCUT2D eigenvalue weighted by Gasteiger charge is 2.67. The first-order valence-electron chi connectivity index (χ1n) is 5.00. The standard InChI is InChI=1S/C9H12F6O2/c10-6(9(13,14)15)8(11,12)7(17)3-1-2-5(16)4-7/h5-6,16-17H,1-4H2. The zero-order valence-electron chi connectivity index (χ0n) is 8.65. The van der Waals surface area contributed by atoms with Gasteiger partial charge in [-0.25, -0.2) is 4.39 Å². The topological polar surface area (TPSA) is 40.5 Å². The summed E-state index contributed by atoms with van der Waals surface area (Å²) in [4.78, 5) is 0. The first-order chi connectivity index (χ1) is 7.51. The molecule has 17 heavy (non-hydrogen) atoms. The lowest BCUT2D eigenvalue weighted by atomic mass is 9.77. The fourth-order valence-electron chi connectivity index (χ4n) is 1.97. The Morgan fingerprint density at radius 1 is 1.18 bits per heavy atom. The van der Waals surface area contributed by atoms with Gasteiger partial charge >= 0.3 is 12.1 Å². The molecule has 1 aliphatic carbocycles. The quantitative estimate of drug-likeness (QED) is 0.752. The summed E-state index contributed by atoms with van der Waals surface area (Å²) in [6.45, 7) is 0. The van der Waals surface area contributed by atoms with Crippen LogP contribution in [0.25, 0.3) is 0 Å². The Kier molecular flexibility index (Phi) is 3.69. The molecule has 3 atom stereocenters. The lowest BCUT2D eigenvalue weighted by Gasteiger charge is -2.41. The van der Waals surface area contributed by atoms with Crippen LogP contribution < -0.4 is 0 Å². The number of aliphatic hydroxyl groups is 2. The van der Waals surface area contributed by atoms with Gasteiger partial charge in [0.25, 0.3) is 6.17 Å². The number of aliphatic hydroxyl groups excluding tert-OH is 1. The van der Waals surface area contributed by atoms with Crippen LogP contribution in [0.2, 0.25) is 0 Å². The van der Waals surface area contributed by atoms with Crippen LogP contribution in [-0.2, 0) is 0 Å². The Hall–Kier alpha value is -0.500. The summed E-state index contributed by atoms with van der Waals surface area (Å²) in [5.41, 5.74) is -3.15. The Labute approximate surface area is 93.2 Å². The average molecular weight is 266 g/mol. The van der Waals surface area contributed by atoms with Gasteiger partial charge in [0.2, 0.25) is 0 Å². The van der Waals surface area contributed by atoms with E-state index in [1.165, 1.54) is 0 Å². The molecule has 8 heteroatoms. The molecule has 102 valence electrons. The highest BCUT2D eigenvalue weighted by Crippen LogP contribution is 2.47. The van der Waals surface area contributed by atoms with Crippen molar-refractivity contribution < 1.29 is 36.6 Å². The van der Waals surface area contributed by atoms with Gasteiger partial charge in [0.15, 0.2) is 0 Å². The van der Waals surface area contributed by atoms with Crippen molar-refractivity contribution in [2.45, 2.75) is 55.7 Å². The summed E-state index contributed by atoms with van der Waals surface area (Å²) in [6.07, 6.45) is -13.2. The van der Waals surface area contributed by atoms with Gasteiger partial charge in [0.05, 0.1) is 6.10 Å². The zero-order valence-corrected chi connectivity index (χ0v) is 8.65. The fraction of sp³-hybridized carbons (Fsp3) is 1.00. The van der Waals surface area contributed by atoms with Crippen molar-refractivity contribution in [1.82, 2.24) is 0 Å². The molecule has 2 nitrogen and oxygen atoms in total. The minimum absolute atomic E-state index is 0.0855. The Bertz CT molecular complexity index is 279.